The first kappa shape index (κ1) is 15.0. The van der Waals surface area contributed by atoms with E-state index in [0.717, 1.165) is 25.9 Å². The zero-order valence-electron chi connectivity index (χ0n) is 12.7. The van der Waals surface area contributed by atoms with Crippen LogP contribution in [0, 0.1) is 5.41 Å². The minimum Gasteiger partial charge on any atom is -0.384 e. The Morgan fingerprint density at radius 1 is 1.43 bits per heavy atom. The van der Waals surface area contributed by atoms with Crippen molar-refractivity contribution >= 4 is 17.2 Å². The first-order valence-corrected chi connectivity index (χ1v) is 8.64. The van der Waals surface area contributed by atoms with Crippen molar-refractivity contribution in [2.24, 2.45) is 5.41 Å². The van der Waals surface area contributed by atoms with Gasteiger partial charge in [0.05, 0.1) is 18.6 Å². The number of thiophene rings is 1. The molecule has 21 heavy (non-hydrogen) atoms. The summed E-state index contributed by atoms with van der Waals surface area (Å²) in [5.74, 6) is 0.152. The molecule has 3 rings (SSSR count). The second-order valence-corrected chi connectivity index (χ2v) is 7.38. The summed E-state index contributed by atoms with van der Waals surface area (Å²) < 4.78 is 5.32. The van der Waals surface area contributed by atoms with E-state index >= 15 is 0 Å². The monoisotopic (exact) mass is 308 g/mol. The van der Waals surface area contributed by atoms with Gasteiger partial charge < -0.3 is 15.4 Å². The summed E-state index contributed by atoms with van der Waals surface area (Å²) >= 11 is 1.86. The van der Waals surface area contributed by atoms with Crippen LogP contribution in [0.3, 0.4) is 0 Å². The molecule has 1 aromatic heterocycles. The zero-order valence-corrected chi connectivity index (χ0v) is 13.5. The van der Waals surface area contributed by atoms with Crippen molar-refractivity contribution < 1.29 is 9.53 Å². The third kappa shape index (κ3) is 3.15. The van der Waals surface area contributed by atoms with Gasteiger partial charge in [0.2, 0.25) is 5.91 Å². The van der Waals surface area contributed by atoms with Gasteiger partial charge in [-0.3, -0.25) is 4.79 Å². The second kappa shape index (κ2) is 6.46. The minimum absolute atomic E-state index is 0.152. The molecule has 1 amide bonds. The van der Waals surface area contributed by atoms with Crippen LogP contribution < -0.4 is 10.6 Å². The molecule has 0 saturated carbocycles. The van der Waals surface area contributed by atoms with Crippen LogP contribution in [0.2, 0.25) is 0 Å². The molecule has 1 fully saturated rings. The van der Waals surface area contributed by atoms with Crippen molar-refractivity contribution in [1.82, 2.24) is 10.6 Å². The molecule has 0 unspecified atom stereocenters. The van der Waals surface area contributed by atoms with Gasteiger partial charge in [0.15, 0.2) is 0 Å². The number of nitrogens with one attached hydrogen (secondary N) is 2. The molecule has 2 heterocycles. The summed E-state index contributed by atoms with van der Waals surface area (Å²) in [6.45, 7) is 2.96. The van der Waals surface area contributed by atoms with E-state index in [9.17, 15) is 4.79 Å². The van der Waals surface area contributed by atoms with E-state index in [4.69, 9.17) is 4.74 Å². The van der Waals surface area contributed by atoms with Gasteiger partial charge in [-0.1, -0.05) is 0 Å². The van der Waals surface area contributed by atoms with Crippen LogP contribution in [0.15, 0.2) is 6.07 Å². The normalized spacial score (nSPS) is 20.2. The van der Waals surface area contributed by atoms with Crippen molar-refractivity contribution in [3.63, 3.8) is 0 Å². The largest absolute Gasteiger partial charge is 0.384 e. The molecule has 0 aromatic carbocycles. The molecular formula is C16H24N2O2S. The number of ether oxygens (including phenoxy) is 1. The fraction of sp³-hybridized carbons (Fsp3) is 0.688. The van der Waals surface area contributed by atoms with Crippen LogP contribution in [-0.2, 0) is 28.9 Å². The zero-order chi connectivity index (χ0) is 14.7. The Balaban J connectivity index is 1.61. The summed E-state index contributed by atoms with van der Waals surface area (Å²) in [6, 6.07) is 2.28. The molecule has 116 valence electrons. The first-order chi connectivity index (χ1) is 10.2. The standard InChI is InChI=1S/C16H24N2O2S/c1-20-11-16(5-7-17-8-6-16)15(19)18-10-13-9-12-3-2-4-14(12)21-13/h9,17H,2-8,10-11H2,1H3,(H,18,19). The summed E-state index contributed by atoms with van der Waals surface area (Å²) in [5.41, 5.74) is 1.15. The lowest BCUT2D eigenvalue weighted by Crippen LogP contribution is -2.49. The molecule has 1 aliphatic carbocycles. The second-order valence-electron chi connectivity index (χ2n) is 6.16. The number of piperidine rings is 1. The maximum absolute atomic E-state index is 12.6. The Morgan fingerprint density at radius 3 is 2.95 bits per heavy atom. The predicted octanol–water partition coefficient (Wildman–Crippen LogP) is 1.87. The van der Waals surface area contributed by atoms with Crippen LogP contribution in [-0.4, -0.2) is 32.7 Å². The molecule has 2 N–H and O–H groups in total. The minimum atomic E-state index is -0.347. The SMILES string of the molecule is COCC1(C(=O)NCc2cc3c(s2)CCC3)CCNCC1. The Hall–Kier alpha value is -0.910. The van der Waals surface area contributed by atoms with Crippen molar-refractivity contribution in [3.8, 4) is 0 Å². The van der Waals surface area contributed by atoms with Crippen LogP contribution >= 0.6 is 11.3 Å². The Labute approximate surface area is 130 Å². The molecule has 2 aliphatic rings. The molecule has 0 radical (unpaired) electrons. The quantitative estimate of drug-likeness (QED) is 0.873. The van der Waals surface area contributed by atoms with Crippen molar-refractivity contribution in [1.29, 1.82) is 0 Å². The molecule has 1 aromatic rings. The van der Waals surface area contributed by atoms with Gasteiger partial charge in [-0.25, -0.2) is 0 Å². The highest BCUT2D eigenvalue weighted by atomic mass is 32.1. The average molecular weight is 308 g/mol. The third-order valence-corrected chi connectivity index (χ3v) is 5.92. The van der Waals surface area contributed by atoms with Gasteiger partial charge in [0.25, 0.3) is 0 Å². The number of hydrogen-bond donors (Lipinski definition) is 2. The number of rotatable bonds is 5. The number of methoxy groups -OCH3 is 1. The lowest BCUT2D eigenvalue weighted by Gasteiger charge is -2.35. The summed E-state index contributed by atoms with van der Waals surface area (Å²) in [6.07, 6.45) is 5.42. The van der Waals surface area contributed by atoms with Crippen molar-refractivity contribution in [2.75, 3.05) is 26.8 Å². The van der Waals surface area contributed by atoms with Gasteiger partial charge in [-0.2, -0.15) is 0 Å². The maximum Gasteiger partial charge on any atom is 0.228 e. The number of hydrogen-bond acceptors (Lipinski definition) is 4. The van der Waals surface area contributed by atoms with E-state index in [-0.39, 0.29) is 11.3 Å². The summed E-state index contributed by atoms with van der Waals surface area (Å²) in [4.78, 5) is 15.5. The highest BCUT2D eigenvalue weighted by Gasteiger charge is 2.39. The maximum atomic E-state index is 12.6. The lowest BCUT2D eigenvalue weighted by molar-refractivity contribution is -0.136. The molecular weight excluding hydrogens is 284 g/mol. The Kier molecular flexibility index (Phi) is 4.62. The van der Waals surface area contributed by atoms with Gasteiger partial charge in [0, 0.05) is 16.9 Å². The molecule has 4 nitrogen and oxygen atoms in total. The molecule has 0 spiro atoms. The third-order valence-electron chi connectivity index (χ3n) is 4.68. The number of carbonyl (C=O) groups excluding carboxylic acids is 1. The molecule has 1 saturated heterocycles. The van der Waals surface area contributed by atoms with Crippen LogP contribution in [0.1, 0.15) is 34.6 Å². The Bertz CT molecular complexity index is 479. The van der Waals surface area contributed by atoms with E-state index in [1.807, 2.05) is 11.3 Å². The molecule has 0 atom stereocenters. The van der Waals surface area contributed by atoms with Crippen molar-refractivity contribution in [2.45, 2.75) is 38.6 Å². The average Bonchev–Trinajstić information content (AvgIpc) is 3.07. The smallest absolute Gasteiger partial charge is 0.228 e. The number of aryl methyl sites for hydroxylation is 2. The van der Waals surface area contributed by atoms with E-state index in [2.05, 4.69) is 16.7 Å². The molecule has 0 bridgehead atoms. The summed E-state index contributed by atoms with van der Waals surface area (Å²) in [7, 11) is 1.68. The van der Waals surface area contributed by atoms with Crippen molar-refractivity contribution in [3.05, 3.63) is 21.4 Å². The van der Waals surface area contributed by atoms with Gasteiger partial charge >= 0.3 is 0 Å². The summed E-state index contributed by atoms with van der Waals surface area (Å²) in [5, 5.41) is 6.47. The topological polar surface area (TPSA) is 50.4 Å². The van der Waals surface area contributed by atoms with Crippen LogP contribution in [0.5, 0.6) is 0 Å². The van der Waals surface area contributed by atoms with Crippen LogP contribution in [0.4, 0.5) is 0 Å². The first-order valence-electron chi connectivity index (χ1n) is 7.82. The van der Waals surface area contributed by atoms with Crippen LogP contribution in [0.25, 0.3) is 0 Å². The number of fused-ring (bicyclic) bond motifs is 1. The van der Waals surface area contributed by atoms with Gasteiger partial charge in [0.1, 0.15) is 0 Å². The van der Waals surface area contributed by atoms with E-state index < -0.39 is 0 Å². The van der Waals surface area contributed by atoms with E-state index in [1.54, 1.807) is 7.11 Å². The fourth-order valence-electron chi connectivity index (χ4n) is 3.45. The highest BCUT2D eigenvalue weighted by Crippen LogP contribution is 2.32. The number of amides is 1. The highest BCUT2D eigenvalue weighted by molar-refractivity contribution is 7.12. The van der Waals surface area contributed by atoms with E-state index in [0.29, 0.717) is 13.2 Å². The molecule has 1 aliphatic heterocycles. The van der Waals surface area contributed by atoms with Gasteiger partial charge in [-0.15, -0.1) is 11.3 Å². The molecule has 5 heteroatoms. The predicted molar refractivity (Wildman–Crippen MR) is 84.6 cm³/mol. The fourth-order valence-corrected chi connectivity index (χ4v) is 4.65. The Morgan fingerprint density at radius 2 is 2.24 bits per heavy atom. The van der Waals surface area contributed by atoms with Gasteiger partial charge in [-0.05, 0) is 56.8 Å². The lowest BCUT2D eigenvalue weighted by atomic mass is 9.78. The van der Waals surface area contributed by atoms with E-state index in [1.165, 1.54) is 34.6 Å². The number of carbonyl (C=O) groups is 1.